The number of phosphoric acid groups is 1. The number of nitrogens with zero attached hydrogens (tertiary/aromatic N) is 1. The van der Waals surface area contributed by atoms with Crippen LogP contribution in [0.25, 0.3) is 0 Å². The van der Waals surface area contributed by atoms with Crippen molar-refractivity contribution >= 4 is 19.5 Å². The molecule has 0 spiro atoms. The van der Waals surface area contributed by atoms with Gasteiger partial charge in [-0.1, -0.05) is 18.2 Å². The maximum atomic E-state index is 12.4. The first-order valence-electron chi connectivity index (χ1n) is 8.70. The van der Waals surface area contributed by atoms with E-state index in [-0.39, 0.29) is 34.8 Å². The summed E-state index contributed by atoms with van der Waals surface area (Å²) in [6.07, 6.45) is -0.160. The van der Waals surface area contributed by atoms with Crippen LogP contribution in [0.5, 0.6) is 17.2 Å². The van der Waals surface area contributed by atoms with E-state index in [9.17, 15) is 24.4 Å². The smallest absolute Gasteiger partial charge is 0.493 e. The molecule has 0 amide bonds. The molecule has 2 aromatic carbocycles. The van der Waals surface area contributed by atoms with E-state index in [1.54, 1.807) is 6.07 Å². The number of methoxy groups -OCH3 is 2. The Balaban J connectivity index is 2.22. The highest BCUT2D eigenvalue weighted by molar-refractivity contribution is 7.47. The van der Waals surface area contributed by atoms with Gasteiger partial charge in [-0.25, -0.2) is 4.57 Å². The third-order valence-corrected chi connectivity index (χ3v) is 4.99. The van der Waals surface area contributed by atoms with Crippen molar-refractivity contribution < 1.29 is 42.8 Å². The first-order valence-corrected chi connectivity index (χ1v) is 10.2. The summed E-state index contributed by atoms with van der Waals surface area (Å²) in [5.74, 6) is -1.09. The maximum absolute atomic E-state index is 12.4. The topological polar surface area (TPSA) is 181 Å². The molecule has 2 unspecified atom stereocenters. The second-order valence-electron chi connectivity index (χ2n) is 6.18. The predicted octanol–water partition coefficient (Wildman–Crippen LogP) is 2.26. The van der Waals surface area contributed by atoms with E-state index in [0.717, 1.165) is 6.07 Å². The number of nitro benzene ring substituents is 1. The first kappa shape index (κ1) is 24.1. The van der Waals surface area contributed by atoms with Crippen LogP contribution in [0.3, 0.4) is 0 Å². The standard InChI is InChI=1S/C18H21N2O10P/c1-27-16-8-12(14(20(23)24)9-17(16)28-2)10-29-31(25,26)30-15-6-4-3-5-11(15)7-13(19)18(21)22/h3-6,8-9,13H,7,10,19H2,1-2H3,(H,21,22)(H,25,26). The van der Waals surface area contributed by atoms with Crippen LogP contribution in [0.2, 0.25) is 0 Å². The van der Waals surface area contributed by atoms with Gasteiger partial charge < -0.3 is 24.8 Å². The van der Waals surface area contributed by atoms with Crippen LogP contribution in [0.4, 0.5) is 5.69 Å². The number of carboxylic acid groups (broad SMARTS) is 1. The number of para-hydroxylation sites is 1. The number of carbonyl (C=O) groups is 1. The Bertz CT molecular complexity index is 1010. The molecule has 2 atom stereocenters. The number of benzene rings is 2. The monoisotopic (exact) mass is 456 g/mol. The fourth-order valence-electron chi connectivity index (χ4n) is 2.58. The second kappa shape index (κ2) is 10.2. The van der Waals surface area contributed by atoms with Crippen LogP contribution in [0.15, 0.2) is 36.4 Å². The number of aliphatic carboxylic acids is 1. The fourth-order valence-corrected chi connectivity index (χ4v) is 3.37. The van der Waals surface area contributed by atoms with E-state index in [0.29, 0.717) is 0 Å². The summed E-state index contributed by atoms with van der Waals surface area (Å²) in [5.41, 5.74) is 5.31. The average molecular weight is 456 g/mol. The summed E-state index contributed by atoms with van der Waals surface area (Å²) < 4.78 is 32.5. The third kappa shape index (κ3) is 6.40. The van der Waals surface area contributed by atoms with Crippen molar-refractivity contribution in [2.75, 3.05) is 14.2 Å². The van der Waals surface area contributed by atoms with E-state index >= 15 is 0 Å². The molecule has 0 saturated carbocycles. The van der Waals surface area contributed by atoms with Crippen LogP contribution in [0.1, 0.15) is 11.1 Å². The molecule has 0 bridgehead atoms. The second-order valence-corrected chi connectivity index (χ2v) is 7.56. The molecule has 31 heavy (non-hydrogen) atoms. The van der Waals surface area contributed by atoms with Gasteiger partial charge in [-0.3, -0.25) is 24.3 Å². The van der Waals surface area contributed by atoms with Gasteiger partial charge in [0.2, 0.25) is 0 Å². The predicted molar refractivity (Wildman–Crippen MR) is 107 cm³/mol. The van der Waals surface area contributed by atoms with Gasteiger partial charge in [0.15, 0.2) is 11.5 Å². The molecule has 0 aliphatic heterocycles. The maximum Gasteiger partial charge on any atom is 0.527 e. The van der Waals surface area contributed by atoms with E-state index < -0.39 is 37.1 Å². The quantitative estimate of drug-likeness (QED) is 0.256. The van der Waals surface area contributed by atoms with Crippen molar-refractivity contribution in [2.45, 2.75) is 19.1 Å². The van der Waals surface area contributed by atoms with Gasteiger partial charge in [-0.2, -0.15) is 0 Å². The molecule has 0 aliphatic rings. The molecule has 0 aliphatic carbocycles. The molecule has 12 nitrogen and oxygen atoms in total. The van der Waals surface area contributed by atoms with Crippen LogP contribution in [-0.2, 0) is 26.9 Å². The lowest BCUT2D eigenvalue weighted by Crippen LogP contribution is -2.32. The van der Waals surface area contributed by atoms with Crippen LogP contribution in [-0.4, -0.2) is 41.2 Å². The molecular weight excluding hydrogens is 435 g/mol. The number of phosphoric ester groups is 1. The molecule has 0 heterocycles. The zero-order valence-corrected chi connectivity index (χ0v) is 17.5. The van der Waals surface area contributed by atoms with Gasteiger partial charge in [-0.05, 0) is 17.7 Å². The van der Waals surface area contributed by atoms with Crippen LogP contribution in [0, 0.1) is 10.1 Å². The molecular formula is C18H21N2O10P. The highest BCUT2D eigenvalue weighted by atomic mass is 31.2. The van der Waals surface area contributed by atoms with E-state index in [1.165, 1.54) is 38.5 Å². The van der Waals surface area contributed by atoms with Crippen LogP contribution >= 0.6 is 7.82 Å². The van der Waals surface area contributed by atoms with Gasteiger partial charge in [0.1, 0.15) is 11.8 Å². The van der Waals surface area contributed by atoms with E-state index in [4.69, 9.17) is 29.4 Å². The summed E-state index contributed by atoms with van der Waals surface area (Å²) >= 11 is 0. The normalized spacial score (nSPS) is 13.7. The van der Waals surface area contributed by atoms with Gasteiger partial charge in [0, 0.05) is 6.42 Å². The minimum atomic E-state index is -4.75. The average Bonchev–Trinajstić information content (AvgIpc) is 2.72. The summed E-state index contributed by atoms with van der Waals surface area (Å²) in [7, 11) is -2.12. The van der Waals surface area contributed by atoms with Crippen molar-refractivity contribution in [3.63, 3.8) is 0 Å². The number of carboxylic acids is 1. The lowest BCUT2D eigenvalue weighted by atomic mass is 10.1. The first-order chi connectivity index (χ1) is 14.6. The Morgan fingerprint density at radius 3 is 2.35 bits per heavy atom. The van der Waals surface area contributed by atoms with Gasteiger partial charge in [-0.15, -0.1) is 0 Å². The van der Waals surface area contributed by atoms with Crippen molar-refractivity contribution in [3.05, 3.63) is 57.6 Å². The number of ether oxygens (including phenoxy) is 2. The molecule has 4 N–H and O–H groups in total. The molecule has 0 saturated heterocycles. The minimum absolute atomic E-state index is 0.0540. The molecule has 2 rings (SSSR count). The molecule has 2 aromatic rings. The number of hydrogen-bond acceptors (Lipinski definition) is 9. The number of nitro groups is 1. The Hall–Kier alpha value is -3.18. The van der Waals surface area contributed by atoms with Crippen molar-refractivity contribution in [1.29, 1.82) is 0 Å². The fraction of sp³-hybridized carbons (Fsp3) is 0.278. The van der Waals surface area contributed by atoms with Crippen LogP contribution < -0.4 is 19.7 Å². The summed E-state index contributed by atoms with van der Waals surface area (Å²) in [4.78, 5) is 31.7. The SMILES string of the molecule is COc1cc(COP(=O)(O)Oc2ccccc2CC(N)C(=O)O)c([N+](=O)[O-])cc1OC. The highest BCUT2D eigenvalue weighted by Crippen LogP contribution is 2.47. The zero-order valence-electron chi connectivity index (χ0n) is 16.6. The highest BCUT2D eigenvalue weighted by Gasteiger charge is 2.28. The van der Waals surface area contributed by atoms with Crippen molar-refractivity contribution in [3.8, 4) is 17.2 Å². The van der Waals surface area contributed by atoms with Crippen molar-refractivity contribution in [1.82, 2.24) is 0 Å². The molecule has 0 fully saturated rings. The van der Waals surface area contributed by atoms with Gasteiger partial charge >= 0.3 is 13.8 Å². The van der Waals surface area contributed by atoms with Crippen molar-refractivity contribution in [2.24, 2.45) is 5.73 Å². The number of hydrogen-bond donors (Lipinski definition) is 3. The number of nitrogens with two attached hydrogens (primary N) is 1. The molecule has 168 valence electrons. The van der Waals surface area contributed by atoms with Gasteiger partial charge in [0.25, 0.3) is 5.69 Å². The lowest BCUT2D eigenvalue weighted by molar-refractivity contribution is -0.385. The summed E-state index contributed by atoms with van der Waals surface area (Å²) in [6.45, 7) is -0.652. The Morgan fingerprint density at radius 2 is 1.77 bits per heavy atom. The van der Waals surface area contributed by atoms with E-state index in [2.05, 4.69) is 0 Å². The molecule has 0 radical (unpaired) electrons. The summed E-state index contributed by atoms with van der Waals surface area (Å²) in [5, 5.41) is 20.3. The minimum Gasteiger partial charge on any atom is -0.493 e. The summed E-state index contributed by atoms with van der Waals surface area (Å²) in [6, 6.07) is 7.00. The number of rotatable bonds is 11. The molecule has 0 aromatic heterocycles. The lowest BCUT2D eigenvalue weighted by Gasteiger charge is -2.17. The third-order valence-electron chi connectivity index (χ3n) is 4.11. The largest absolute Gasteiger partial charge is 0.527 e. The Morgan fingerprint density at radius 1 is 1.16 bits per heavy atom. The molecule has 13 heteroatoms. The van der Waals surface area contributed by atoms with Gasteiger partial charge in [0.05, 0.1) is 37.4 Å². The zero-order chi connectivity index (χ0) is 23.2. The Labute approximate surface area is 176 Å². The Kier molecular flexibility index (Phi) is 7.95. The van der Waals surface area contributed by atoms with E-state index in [1.807, 2.05) is 0 Å².